The van der Waals surface area contributed by atoms with Gasteiger partial charge in [-0.05, 0) is 37.6 Å². The van der Waals surface area contributed by atoms with E-state index in [9.17, 15) is 4.39 Å². The molecule has 0 fully saturated rings. The van der Waals surface area contributed by atoms with Crippen molar-refractivity contribution in [3.63, 3.8) is 0 Å². The molecule has 0 saturated carbocycles. The Hall–Kier alpha value is -0.760. The van der Waals surface area contributed by atoms with Crippen LogP contribution in [0.2, 0.25) is 0 Å². The van der Waals surface area contributed by atoms with E-state index in [1.165, 1.54) is 6.07 Å². The molecule has 0 aliphatic carbocycles. The van der Waals surface area contributed by atoms with Crippen LogP contribution in [0.1, 0.15) is 19.4 Å². The summed E-state index contributed by atoms with van der Waals surface area (Å²) in [4.78, 5) is 2.10. The van der Waals surface area contributed by atoms with Gasteiger partial charge in [0.15, 0.2) is 0 Å². The Bertz CT molecular complexity index is 297. The van der Waals surface area contributed by atoms with E-state index in [-0.39, 0.29) is 5.82 Å². The van der Waals surface area contributed by atoms with Crippen molar-refractivity contribution in [3.05, 3.63) is 29.6 Å². The van der Waals surface area contributed by atoms with Crippen molar-refractivity contribution in [3.8, 4) is 0 Å². The molecule has 3 heteroatoms. The molecule has 0 aliphatic heterocycles. The topological polar surface area (TPSA) is 3.24 Å². The number of rotatable bonds is 4. The second kappa shape index (κ2) is 5.20. The molecule has 0 atom stereocenters. The number of benzene rings is 1. The third kappa shape index (κ3) is 2.61. The molecule has 14 heavy (non-hydrogen) atoms. The normalized spacial score (nSPS) is 10.3. The highest BCUT2D eigenvalue weighted by molar-refractivity contribution is 6.17. The molecule has 0 heterocycles. The molecular weight excluding hydrogens is 201 g/mol. The van der Waals surface area contributed by atoms with E-state index in [0.717, 1.165) is 24.3 Å². The zero-order valence-corrected chi connectivity index (χ0v) is 9.31. The number of halogens is 2. The fourth-order valence-electron chi connectivity index (χ4n) is 1.48. The summed E-state index contributed by atoms with van der Waals surface area (Å²) in [7, 11) is 0. The lowest BCUT2D eigenvalue weighted by atomic mass is 10.2. The van der Waals surface area contributed by atoms with Crippen LogP contribution in [-0.2, 0) is 5.88 Å². The number of anilines is 1. The van der Waals surface area contributed by atoms with Crippen molar-refractivity contribution in [2.75, 3.05) is 18.0 Å². The van der Waals surface area contributed by atoms with Crippen LogP contribution in [0.4, 0.5) is 10.1 Å². The minimum atomic E-state index is -0.218. The first kappa shape index (κ1) is 11.3. The van der Waals surface area contributed by atoms with Gasteiger partial charge < -0.3 is 4.90 Å². The minimum absolute atomic E-state index is 0.218. The van der Waals surface area contributed by atoms with E-state index in [2.05, 4.69) is 18.7 Å². The van der Waals surface area contributed by atoms with Crippen LogP contribution < -0.4 is 4.90 Å². The zero-order valence-electron chi connectivity index (χ0n) is 8.56. The van der Waals surface area contributed by atoms with E-state index < -0.39 is 0 Å². The van der Waals surface area contributed by atoms with Crippen LogP contribution >= 0.6 is 11.6 Å². The number of alkyl halides is 1. The Kier molecular flexibility index (Phi) is 4.21. The van der Waals surface area contributed by atoms with Gasteiger partial charge in [-0.2, -0.15) is 0 Å². The van der Waals surface area contributed by atoms with Gasteiger partial charge in [0.05, 0.1) is 0 Å². The molecule has 78 valence electrons. The predicted molar refractivity (Wildman–Crippen MR) is 59.5 cm³/mol. The molecule has 1 aromatic rings. The first-order valence-electron chi connectivity index (χ1n) is 4.81. The highest BCUT2D eigenvalue weighted by Gasteiger charge is 2.05. The summed E-state index contributed by atoms with van der Waals surface area (Å²) in [6.45, 7) is 5.85. The molecule has 0 aromatic heterocycles. The Morgan fingerprint density at radius 2 is 1.86 bits per heavy atom. The van der Waals surface area contributed by atoms with Gasteiger partial charge in [0.2, 0.25) is 0 Å². The fourth-order valence-corrected chi connectivity index (χ4v) is 1.64. The maximum absolute atomic E-state index is 13.2. The number of nitrogens with zero attached hydrogens (tertiary/aromatic N) is 1. The largest absolute Gasteiger partial charge is 0.372 e. The number of hydrogen-bond donors (Lipinski definition) is 0. The summed E-state index contributed by atoms with van der Waals surface area (Å²) in [6.07, 6.45) is 0. The summed E-state index contributed by atoms with van der Waals surface area (Å²) in [5.41, 5.74) is 1.74. The minimum Gasteiger partial charge on any atom is -0.372 e. The Morgan fingerprint density at radius 3 is 2.36 bits per heavy atom. The summed E-state index contributed by atoms with van der Waals surface area (Å²) in [5.74, 6) is 0.136. The first-order chi connectivity index (χ1) is 6.71. The van der Waals surface area contributed by atoms with Crippen molar-refractivity contribution in [1.29, 1.82) is 0 Å². The van der Waals surface area contributed by atoms with Gasteiger partial charge in [-0.3, -0.25) is 0 Å². The van der Waals surface area contributed by atoms with Crippen LogP contribution in [0.5, 0.6) is 0 Å². The lowest BCUT2D eigenvalue weighted by Gasteiger charge is -2.21. The lowest BCUT2D eigenvalue weighted by molar-refractivity contribution is 0.625. The summed E-state index contributed by atoms with van der Waals surface area (Å²) in [6, 6.07) is 4.95. The molecular formula is C11H15ClFN. The average molecular weight is 216 g/mol. The fraction of sp³-hybridized carbons (Fsp3) is 0.455. The van der Waals surface area contributed by atoms with Crippen LogP contribution in [0, 0.1) is 5.82 Å². The van der Waals surface area contributed by atoms with Gasteiger partial charge in [0.1, 0.15) is 5.82 Å². The van der Waals surface area contributed by atoms with Gasteiger partial charge in [-0.15, -0.1) is 11.6 Å². The van der Waals surface area contributed by atoms with Crippen molar-refractivity contribution < 1.29 is 4.39 Å². The second-order valence-corrected chi connectivity index (χ2v) is 3.39. The van der Waals surface area contributed by atoms with Crippen molar-refractivity contribution in [2.24, 2.45) is 0 Å². The standard InChI is InChI=1S/C11H15ClFN/c1-3-14(4-2)11-6-9(8-12)5-10(13)7-11/h5-7H,3-4,8H2,1-2H3. The molecule has 1 rings (SSSR count). The van der Waals surface area contributed by atoms with Gasteiger partial charge in [0.25, 0.3) is 0 Å². The third-order valence-electron chi connectivity index (χ3n) is 2.23. The Labute approximate surface area is 89.5 Å². The number of hydrogen-bond acceptors (Lipinski definition) is 1. The molecule has 1 aromatic carbocycles. The quantitative estimate of drug-likeness (QED) is 0.696. The van der Waals surface area contributed by atoms with Gasteiger partial charge in [-0.25, -0.2) is 4.39 Å². The molecule has 1 nitrogen and oxygen atoms in total. The molecule has 0 unspecified atom stereocenters. The van der Waals surface area contributed by atoms with E-state index in [1.54, 1.807) is 6.07 Å². The molecule has 0 radical (unpaired) electrons. The van der Waals surface area contributed by atoms with Crippen LogP contribution in [0.25, 0.3) is 0 Å². The lowest BCUT2D eigenvalue weighted by Crippen LogP contribution is -2.21. The SMILES string of the molecule is CCN(CC)c1cc(F)cc(CCl)c1. The third-order valence-corrected chi connectivity index (χ3v) is 2.53. The molecule has 0 N–H and O–H groups in total. The van der Waals surface area contributed by atoms with E-state index in [1.807, 2.05) is 6.07 Å². The molecule has 0 aliphatic rings. The highest BCUT2D eigenvalue weighted by Crippen LogP contribution is 2.19. The summed E-state index contributed by atoms with van der Waals surface area (Å²) < 4.78 is 13.2. The molecule has 0 amide bonds. The first-order valence-corrected chi connectivity index (χ1v) is 5.35. The maximum atomic E-state index is 13.2. The van der Waals surface area contributed by atoms with Gasteiger partial charge >= 0.3 is 0 Å². The maximum Gasteiger partial charge on any atom is 0.125 e. The van der Waals surface area contributed by atoms with Crippen molar-refractivity contribution in [1.82, 2.24) is 0 Å². The molecule has 0 spiro atoms. The van der Waals surface area contributed by atoms with Crippen LogP contribution in [-0.4, -0.2) is 13.1 Å². The highest BCUT2D eigenvalue weighted by atomic mass is 35.5. The van der Waals surface area contributed by atoms with Crippen LogP contribution in [0.15, 0.2) is 18.2 Å². The van der Waals surface area contributed by atoms with E-state index in [0.29, 0.717) is 5.88 Å². The monoisotopic (exact) mass is 215 g/mol. The van der Waals surface area contributed by atoms with Crippen molar-refractivity contribution in [2.45, 2.75) is 19.7 Å². The summed E-state index contributed by atoms with van der Waals surface area (Å²) in [5, 5.41) is 0. The Morgan fingerprint density at radius 1 is 1.21 bits per heavy atom. The molecule has 0 bridgehead atoms. The van der Waals surface area contributed by atoms with Crippen LogP contribution in [0.3, 0.4) is 0 Å². The van der Waals surface area contributed by atoms with Crippen molar-refractivity contribution >= 4 is 17.3 Å². The second-order valence-electron chi connectivity index (χ2n) is 3.12. The zero-order chi connectivity index (χ0) is 10.6. The smallest absolute Gasteiger partial charge is 0.125 e. The predicted octanol–water partition coefficient (Wildman–Crippen LogP) is 3.41. The van der Waals surface area contributed by atoms with Gasteiger partial charge in [-0.1, -0.05) is 0 Å². The molecule has 0 saturated heterocycles. The average Bonchev–Trinajstić information content (AvgIpc) is 2.19. The van der Waals surface area contributed by atoms with E-state index in [4.69, 9.17) is 11.6 Å². The van der Waals surface area contributed by atoms with E-state index >= 15 is 0 Å². The summed E-state index contributed by atoms with van der Waals surface area (Å²) >= 11 is 5.68. The van der Waals surface area contributed by atoms with Gasteiger partial charge in [0, 0.05) is 24.7 Å². The Balaban J connectivity index is 3.01.